The maximum atomic E-state index is 12.6. The van der Waals surface area contributed by atoms with Gasteiger partial charge in [0.2, 0.25) is 0 Å². The van der Waals surface area contributed by atoms with E-state index >= 15 is 0 Å². The first-order valence-electron chi connectivity index (χ1n) is 8.26. The maximum absolute atomic E-state index is 12.6. The zero-order valence-corrected chi connectivity index (χ0v) is 17.0. The Bertz CT molecular complexity index is 1030. The molecule has 3 rings (SSSR count). The number of imidazole rings is 1. The first-order chi connectivity index (χ1) is 13.0. The van der Waals surface area contributed by atoms with Crippen molar-refractivity contribution in [3.8, 4) is 11.3 Å². The lowest BCUT2D eigenvalue weighted by Crippen LogP contribution is -2.18. The number of aromatic nitrogens is 3. The Morgan fingerprint density at radius 3 is 2.56 bits per heavy atom. The largest absolute Gasteiger partial charge is 0.464 e. The van der Waals surface area contributed by atoms with Crippen molar-refractivity contribution in [2.24, 2.45) is 0 Å². The van der Waals surface area contributed by atoms with Gasteiger partial charge in [0.25, 0.3) is 0 Å². The molecule has 0 aliphatic heterocycles. The van der Waals surface area contributed by atoms with Gasteiger partial charge in [-0.2, -0.15) is 0 Å². The van der Waals surface area contributed by atoms with E-state index in [1.54, 1.807) is 41.2 Å². The molecule has 27 heavy (non-hydrogen) atoms. The van der Waals surface area contributed by atoms with E-state index in [9.17, 15) is 4.79 Å². The van der Waals surface area contributed by atoms with Crippen molar-refractivity contribution in [1.29, 1.82) is 0 Å². The lowest BCUT2D eigenvalue weighted by Gasteiger charge is -2.20. The van der Waals surface area contributed by atoms with Crippen molar-refractivity contribution < 1.29 is 9.53 Å². The van der Waals surface area contributed by atoms with Gasteiger partial charge in [-0.3, -0.25) is 4.98 Å². The summed E-state index contributed by atoms with van der Waals surface area (Å²) in [5.41, 5.74) is 2.63. The molecule has 3 aromatic rings. The van der Waals surface area contributed by atoms with E-state index < -0.39 is 5.97 Å². The number of benzene rings is 1. The summed E-state index contributed by atoms with van der Waals surface area (Å²) in [4.78, 5) is 19.8. The molecule has 1 unspecified atom stereocenters. The molecule has 5 nitrogen and oxygen atoms in total. The lowest BCUT2D eigenvalue weighted by atomic mass is 10.0. The maximum Gasteiger partial charge on any atom is 0.356 e. The first-order valence-corrected chi connectivity index (χ1v) is 9.42. The number of carbonyl (C=O) groups is 1. The van der Waals surface area contributed by atoms with Gasteiger partial charge in [-0.25, -0.2) is 4.79 Å². The zero-order chi connectivity index (χ0) is 19.6. The lowest BCUT2D eigenvalue weighted by molar-refractivity contribution is 0.0587. The van der Waals surface area contributed by atoms with Gasteiger partial charge in [-0.05, 0) is 48.5 Å². The van der Waals surface area contributed by atoms with E-state index in [4.69, 9.17) is 40.2 Å². The summed E-state index contributed by atoms with van der Waals surface area (Å²) in [7, 11) is 1.35. The van der Waals surface area contributed by atoms with Crippen molar-refractivity contribution in [1.82, 2.24) is 14.5 Å². The number of nitrogens with one attached hydrogen (secondary N) is 1. The molecular weight excluding hydrogens is 405 g/mol. The first kappa shape index (κ1) is 19.6. The third-order valence-electron chi connectivity index (χ3n) is 4.30. The Labute approximate surface area is 171 Å². The summed E-state index contributed by atoms with van der Waals surface area (Å²) in [5, 5.41) is 0.919. The number of H-pyrrole nitrogens is 1. The number of carbonyl (C=O) groups excluding carboxylic acids is 1. The van der Waals surface area contributed by atoms with Gasteiger partial charge < -0.3 is 14.3 Å². The summed E-state index contributed by atoms with van der Waals surface area (Å²) in [5.74, 6) is -0.479. The molecular formula is C19H17Cl2N3O2S. The van der Waals surface area contributed by atoms with Crippen LogP contribution in [0.2, 0.25) is 10.0 Å². The molecule has 2 heterocycles. The Morgan fingerprint density at radius 2 is 1.96 bits per heavy atom. The number of rotatable bonds is 5. The molecule has 0 amide bonds. The van der Waals surface area contributed by atoms with E-state index in [1.165, 1.54) is 7.11 Å². The number of esters is 1. The second kappa shape index (κ2) is 8.25. The number of ether oxygens (including phenoxy) is 1. The number of methoxy groups -OCH3 is 1. The van der Waals surface area contributed by atoms with Gasteiger partial charge in [-0.15, -0.1) is 0 Å². The van der Waals surface area contributed by atoms with Crippen LogP contribution in [0.4, 0.5) is 0 Å². The molecule has 1 atom stereocenters. The average molecular weight is 422 g/mol. The van der Waals surface area contributed by atoms with Gasteiger partial charge in [-0.1, -0.05) is 36.2 Å². The van der Waals surface area contributed by atoms with Crippen LogP contribution in [0.15, 0.2) is 42.7 Å². The minimum Gasteiger partial charge on any atom is -0.464 e. The molecule has 0 saturated carbocycles. The molecule has 8 heteroatoms. The highest BCUT2D eigenvalue weighted by atomic mass is 35.5. The molecule has 0 aliphatic carbocycles. The summed E-state index contributed by atoms with van der Waals surface area (Å²) >= 11 is 17.8. The van der Waals surface area contributed by atoms with Crippen LogP contribution in [-0.2, 0) is 4.74 Å². The molecule has 140 valence electrons. The topological polar surface area (TPSA) is 59.9 Å². The second-order valence-electron chi connectivity index (χ2n) is 5.85. The minimum atomic E-state index is -0.479. The molecule has 0 saturated heterocycles. The van der Waals surface area contributed by atoms with E-state index in [0.717, 1.165) is 11.1 Å². The average Bonchev–Trinajstić information content (AvgIpc) is 3.02. The van der Waals surface area contributed by atoms with Crippen LogP contribution in [0.25, 0.3) is 11.3 Å². The number of nitrogens with zero attached hydrogens (tertiary/aromatic N) is 2. The number of hydrogen-bond donors (Lipinski definition) is 1. The van der Waals surface area contributed by atoms with Crippen LogP contribution in [0.3, 0.4) is 0 Å². The molecule has 0 radical (unpaired) electrons. The third-order valence-corrected chi connectivity index (χ3v) is 5.34. The van der Waals surface area contributed by atoms with Crippen LogP contribution in [-0.4, -0.2) is 27.6 Å². The van der Waals surface area contributed by atoms with Crippen LogP contribution in [0.1, 0.15) is 35.4 Å². The highest BCUT2D eigenvalue weighted by Gasteiger charge is 2.26. The smallest absolute Gasteiger partial charge is 0.356 e. The normalized spacial score (nSPS) is 12.0. The predicted molar refractivity (Wildman–Crippen MR) is 109 cm³/mol. The third kappa shape index (κ3) is 3.78. The van der Waals surface area contributed by atoms with Gasteiger partial charge in [0, 0.05) is 18.0 Å². The number of hydrogen-bond acceptors (Lipinski definition) is 4. The Kier molecular flexibility index (Phi) is 5.99. The molecule has 0 fully saturated rings. The van der Waals surface area contributed by atoms with E-state index in [-0.39, 0.29) is 6.04 Å². The molecule has 0 bridgehead atoms. The summed E-state index contributed by atoms with van der Waals surface area (Å²) < 4.78 is 7.23. The van der Waals surface area contributed by atoms with Crippen LogP contribution in [0.5, 0.6) is 0 Å². The van der Waals surface area contributed by atoms with Crippen LogP contribution >= 0.6 is 35.4 Å². The van der Waals surface area contributed by atoms with Crippen molar-refractivity contribution in [3.05, 3.63) is 68.8 Å². The Morgan fingerprint density at radius 1 is 1.26 bits per heavy atom. The van der Waals surface area contributed by atoms with Crippen molar-refractivity contribution in [2.75, 3.05) is 7.11 Å². The van der Waals surface area contributed by atoms with Gasteiger partial charge >= 0.3 is 5.97 Å². The fourth-order valence-electron chi connectivity index (χ4n) is 3.06. The molecule has 0 aliphatic rings. The number of halogens is 2. The SMILES string of the molecule is CCC(c1ccc(Cl)c(Cl)c1)n1c(C(=O)OC)c(-c2ccncc2)[nH]c1=S. The highest BCUT2D eigenvalue weighted by Crippen LogP contribution is 2.33. The van der Waals surface area contributed by atoms with Crippen molar-refractivity contribution in [3.63, 3.8) is 0 Å². The van der Waals surface area contributed by atoms with E-state index in [2.05, 4.69) is 9.97 Å². The molecule has 0 spiro atoms. The number of aromatic amines is 1. The van der Waals surface area contributed by atoms with Gasteiger partial charge in [0.1, 0.15) is 0 Å². The van der Waals surface area contributed by atoms with Crippen LogP contribution < -0.4 is 0 Å². The molecule has 1 N–H and O–H groups in total. The fraction of sp³-hybridized carbons (Fsp3) is 0.211. The highest BCUT2D eigenvalue weighted by molar-refractivity contribution is 7.71. The Hall–Kier alpha value is -2.15. The van der Waals surface area contributed by atoms with Crippen molar-refractivity contribution in [2.45, 2.75) is 19.4 Å². The monoisotopic (exact) mass is 421 g/mol. The van der Waals surface area contributed by atoms with Crippen LogP contribution in [0, 0.1) is 4.77 Å². The van der Waals surface area contributed by atoms with Crippen molar-refractivity contribution >= 4 is 41.4 Å². The fourth-order valence-corrected chi connectivity index (χ4v) is 3.68. The Balaban J connectivity index is 2.24. The summed E-state index contributed by atoms with van der Waals surface area (Å²) in [6, 6.07) is 8.80. The number of pyridine rings is 1. The van der Waals surface area contributed by atoms with Gasteiger partial charge in [0.15, 0.2) is 10.5 Å². The minimum absolute atomic E-state index is 0.215. The summed E-state index contributed by atoms with van der Waals surface area (Å²) in [6.07, 6.45) is 3.99. The van der Waals surface area contributed by atoms with E-state index in [1.807, 2.05) is 13.0 Å². The van der Waals surface area contributed by atoms with E-state index in [0.29, 0.717) is 32.6 Å². The summed E-state index contributed by atoms with van der Waals surface area (Å²) in [6.45, 7) is 2.01. The molecule has 1 aromatic carbocycles. The quantitative estimate of drug-likeness (QED) is 0.423. The second-order valence-corrected chi connectivity index (χ2v) is 7.05. The zero-order valence-electron chi connectivity index (χ0n) is 14.7. The predicted octanol–water partition coefficient (Wildman–Crippen LogP) is 5.70. The standard InChI is InChI=1S/C19H17Cl2N3O2S/c1-3-15(12-4-5-13(20)14(21)10-12)24-17(18(25)26-2)16(23-19(24)27)11-6-8-22-9-7-11/h4-10,15H,3H2,1-2H3,(H,23,27). The molecule has 2 aromatic heterocycles. The van der Waals surface area contributed by atoms with Gasteiger partial charge in [0.05, 0.1) is 28.9 Å².